The quantitative estimate of drug-likeness (QED) is 0.841. The molecule has 0 spiro atoms. The Balaban J connectivity index is 3.17. The highest BCUT2D eigenvalue weighted by molar-refractivity contribution is 14.1. The van der Waals surface area contributed by atoms with Crippen molar-refractivity contribution in [2.75, 3.05) is 11.9 Å². The molecule has 0 saturated heterocycles. The third-order valence-corrected chi connectivity index (χ3v) is 2.50. The fraction of sp³-hybridized carbons (Fsp3) is 0.222. The number of aromatic carboxylic acids is 1. The van der Waals surface area contributed by atoms with Crippen LogP contribution in [-0.2, 0) is 0 Å². The number of carboxylic acid groups (broad SMARTS) is 1. The molecule has 1 aromatic carbocycles. The molecular weight excluding hydrogens is 281 g/mol. The van der Waals surface area contributed by atoms with Gasteiger partial charge in [-0.15, -0.1) is 0 Å². The second-order valence-corrected chi connectivity index (χ2v) is 3.66. The standard InChI is InChI=1S/C9H10INO2/c1-2-11-8-6(9(12)13)4-3-5-7(8)10/h3-5,11H,2H2,1H3,(H,12,13). The van der Waals surface area contributed by atoms with Gasteiger partial charge in [-0.25, -0.2) is 4.79 Å². The summed E-state index contributed by atoms with van der Waals surface area (Å²) in [5.41, 5.74) is 1.03. The first-order valence-electron chi connectivity index (χ1n) is 3.92. The average molecular weight is 291 g/mol. The van der Waals surface area contributed by atoms with E-state index < -0.39 is 5.97 Å². The lowest BCUT2D eigenvalue weighted by atomic mass is 10.2. The molecule has 0 atom stereocenters. The van der Waals surface area contributed by atoms with Crippen molar-refractivity contribution in [1.82, 2.24) is 0 Å². The van der Waals surface area contributed by atoms with Crippen molar-refractivity contribution in [3.8, 4) is 0 Å². The Bertz CT molecular complexity index is 325. The van der Waals surface area contributed by atoms with Gasteiger partial charge in [0.25, 0.3) is 0 Å². The van der Waals surface area contributed by atoms with E-state index in [1.807, 2.05) is 13.0 Å². The molecule has 1 aromatic rings. The van der Waals surface area contributed by atoms with Gasteiger partial charge in [-0.3, -0.25) is 0 Å². The third-order valence-electron chi connectivity index (χ3n) is 1.60. The van der Waals surface area contributed by atoms with Crippen LogP contribution >= 0.6 is 22.6 Å². The van der Waals surface area contributed by atoms with Crippen molar-refractivity contribution in [2.45, 2.75) is 6.92 Å². The minimum Gasteiger partial charge on any atom is -0.478 e. The second kappa shape index (κ2) is 4.45. The minimum atomic E-state index is -0.894. The van der Waals surface area contributed by atoms with Crippen LogP contribution in [0.5, 0.6) is 0 Å². The summed E-state index contributed by atoms with van der Waals surface area (Å²) in [4.78, 5) is 10.8. The van der Waals surface area contributed by atoms with Gasteiger partial charge in [-0.1, -0.05) is 6.07 Å². The van der Waals surface area contributed by atoms with E-state index in [1.165, 1.54) is 0 Å². The number of carbonyl (C=O) groups is 1. The molecular formula is C9H10INO2. The van der Waals surface area contributed by atoms with Gasteiger partial charge in [0.15, 0.2) is 0 Å². The van der Waals surface area contributed by atoms with Crippen molar-refractivity contribution < 1.29 is 9.90 Å². The number of halogens is 1. The van der Waals surface area contributed by atoms with E-state index in [4.69, 9.17) is 5.11 Å². The van der Waals surface area contributed by atoms with Crippen molar-refractivity contribution >= 4 is 34.2 Å². The third kappa shape index (κ3) is 2.33. The van der Waals surface area contributed by atoms with Crippen LogP contribution in [0, 0.1) is 3.57 Å². The molecule has 0 amide bonds. The number of benzene rings is 1. The number of hydrogen-bond donors (Lipinski definition) is 2. The van der Waals surface area contributed by atoms with Crippen LogP contribution in [0.4, 0.5) is 5.69 Å². The average Bonchev–Trinajstić information content (AvgIpc) is 2.08. The number of rotatable bonds is 3. The Morgan fingerprint density at radius 3 is 2.85 bits per heavy atom. The van der Waals surface area contributed by atoms with Gasteiger partial charge >= 0.3 is 5.97 Å². The Kier molecular flexibility index (Phi) is 3.53. The lowest BCUT2D eigenvalue weighted by Crippen LogP contribution is -2.07. The van der Waals surface area contributed by atoms with E-state index in [-0.39, 0.29) is 0 Å². The molecule has 0 aliphatic heterocycles. The molecule has 2 N–H and O–H groups in total. The maximum Gasteiger partial charge on any atom is 0.337 e. The van der Waals surface area contributed by atoms with Crippen LogP contribution in [0.3, 0.4) is 0 Å². The lowest BCUT2D eigenvalue weighted by Gasteiger charge is -2.09. The molecule has 0 heterocycles. The van der Waals surface area contributed by atoms with E-state index in [9.17, 15) is 4.79 Å². The topological polar surface area (TPSA) is 49.3 Å². The Hall–Kier alpha value is -0.780. The van der Waals surface area contributed by atoms with Crippen molar-refractivity contribution in [3.05, 3.63) is 27.3 Å². The van der Waals surface area contributed by atoms with Crippen molar-refractivity contribution in [1.29, 1.82) is 0 Å². The van der Waals surface area contributed by atoms with E-state index in [1.54, 1.807) is 12.1 Å². The molecule has 0 aliphatic rings. The minimum absolute atomic E-state index is 0.328. The number of carboxylic acids is 1. The van der Waals surface area contributed by atoms with Crippen molar-refractivity contribution in [2.24, 2.45) is 0 Å². The summed E-state index contributed by atoms with van der Waals surface area (Å²) in [7, 11) is 0. The number of anilines is 1. The highest BCUT2D eigenvalue weighted by atomic mass is 127. The molecule has 70 valence electrons. The first-order chi connectivity index (χ1) is 6.16. The first-order valence-corrected chi connectivity index (χ1v) is 5.00. The summed E-state index contributed by atoms with van der Waals surface area (Å²) < 4.78 is 0.930. The fourth-order valence-electron chi connectivity index (χ4n) is 1.06. The fourth-order valence-corrected chi connectivity index (χ4v) is 1.75. The highest BCUT2D eigenvalue weighted by Crippen LogP contribution is 2.22. The molecule has 0 aliphatic carbocycles. The summed E-state index contributed by atoms with van der Waals surface area (Å²) in [6, 6.07) is 5.22. The molecule has 1 rings (SSSR count). The van der Waals surface area contributed by atoms with Gasteiger partial charge in [0.2, 0.25) is 0 Å². The maximum atomic E-state index is 10.8. The predicted octanol–water partition coefficient (Wildman–Crippen LogP) is 2.42. The van der Waals surface area contributed by atoms with Gasteiger partial charge in [0.05, 0.1) is 11.3 Å². The molecule has 0 fully saturated rings. The Morgan fingerprint density at radius 1 is 1.62 bits per heavy atom. The van der Waals surface area contributed by atoms with Crippen LogP contribution in [0.15, 0.2) is 18.2 Å². The number of hydrogen-bond acceptors (Lipinski definition) is 2. The first kappa shape index (κ1) is 10.3. The van der Waals surface area contributed by atoms with E-state index in [2.05, 4.69) is 27.9 Å². The van der Waals surface area contributed by atoms with Gasteiger partial charge < -0.3 is 10.4 Å². The normalized spacial score (nSPS) is 9.69. The van der Waals surface area contributed by atoms with Gasteiger partial charge in [-0.05, 0) is 41.6 Å². The molecule has 3 nitrogen and oxygen atoms in total. The molecule has 0 bridgehead atoms. The molecule has 0 radical (unpaired) electrons. The SMILES string of the molecule is CCNc1c(I)cccc1C(=O)O. The second-order valence-electron chi connectivity index (χ2n) is 2.50. The zero-order valence-corrected chi connectivity index (χ0v) is 9.33. The van der Waals surface area contributed by atoms with Gasteiger partial charge in [0, 0.05) is 10.1 Å². The summed E-state index contributed by atoms with van der Waals surface area (Å²) >= 11 is 2.12. The largest absolute Gasteiger partial charge is 0.478 e. The molecule has 0 saturated carbocycles. The van der Waals surface area contributed by atoms with E-state index >= 15 is 0 Å². The molecule has 13 heavy (non-hydrogen) atoms. The van der Waals surface area contributed by atoms with Crippen LogP contribution in [0.2, 0.25) is 0 Å². The monoisotopic (exact) mass is 291 g/mol. The molecule has 0 aromatic heterocycles. The summed E-state index contributed by atoms with van der Waals surface area (Å²) in [6.45, 7) is 2.66. The highest BCUT2D eigenvalue weighted by Gasteiger charge is 2.10. The zero-order chi connectivity index (χ0) is 9.84. The lowest BCUT2D eigenvalue weighted by molar-refractivity contribution is 0.0698. The molecule has 0 unspecified atom stereocenters. The van der Waals surface area contributed by atoms with Gasteiger partial charge in [0.1, 0.15) is 0 Å². The number of nitrogens with one attached hydrogen (secondary N) is 1. The smallest absolute Gasteiger partial charge is 0.337 e. The van der Waals surface area contributed by atoms with E-state index in [0.717, 1.165) is 10.1 Å². The van der Waals surface area contributed by atoms with Crippen molar-refractivity contribution in [3.63, 3.8) is 0 Å². The van der Waals surface area contributed by atoms with Crippen LogP contribution in [0.25, 0.3) is 0 Å². The zero-order valence-electron chi connectivity index (χ0n) is 7.17. The Labute approximate surface area is 90.3 Å². The molecule has 4 heteroatoms. The van der Waals surface area contributed by atoms with Crippen LogP contribution < -0.4 is 5.32 Å². The summed E-state index contributed by atoms with van der Waals surface area (Å²) in [6.07, 6.45) is 0. The summed E-state index contributed by atoms with van der Waals surface area (Å²) in [5, 5.41) is 11.9. The predicted molar refractivity (Wildman–Crippen MR) is 60.3 cm³/mol. The Morgan fingerprint density at radius 2 is 2.31 bits per heavy atom. The van der Waals surface area contributed by atoms with Gasteiger partial charge in [-0.2, -0.15) is 0 Å². The van der Waals surface area contributed by atoms with E-state index in [0.29, 0.717) is 11.3 Å². The maximum absolute atomic E-state index is 10.8. The van der Waals surface area contributed by atoms with Crippen LogP contribution in [0.1, 0.15) is 17.3 Å². The van der Waals surface area contributed by atoms with Crippen LogP contribution in [-0.4, -0.2) is 17.6 Å². The summed E-state index contributed by atoms with van der Waals surface area (Å²) in [5.74, 6) is -0.894. The number of para-hydroxylation sites is 1.